The number of rotatable bonds is 4. The summed E-state index contributed by atoms with van der Waals surface area (Å²) in [6, 6.07) is 10.2. The van der Waals surface area contributed by atoms with Gasteiger partial charge in [-0.3, -0.25) is 9.69 Å². The van der Waals surface area contributed by atoms with Crippen LogP contribution in [0.3, 0.4) is 0 Å². The molecule has 0 aromatic heterocycles. The zero-order valence-electron chi connectivity index (χ0n) is 21.0. The largest absolute Gasteiger partial charge is 0.490 e. The quantitative estimate of drug-likeness (QED) is 0.623. The Balaban J connectivity index is 0.000000479. The SMILES string of the molecule is CCN1CC[C@@]2(C(=O)N3CCOCC3)CCN(C(=O)NCc3ccccc3)CC[C@@H]12.O=C(O)C(F)(F)F. The van der Waals surface area contributed by atoms with E-state index in [4.69, 9.17) is 14.6 Å². The fraction of sp³-hybridized carbons (Fsp3) is 0.640. The van der Waals surface area contributed by atoms with Crippen LogP contribution in [0.1, 0.15) is 31.7 Å². The van der Waals surface area contributed by atoms with Crippen molar-refractivity contribution in [2.45, 2.75) is 44.9 Å². The van der Waals surface area contributed by atoms with Crippen molar-refractivity contribution in [1.29, 1.82) is 0 Å². The summed E-state index contributed by atoms with van der Waals surface area (Å²) < 4.78 is 37.2. The number of alkyl halides is 3. The van der Waals surface area contributed by atoms with Crippen LogP contribution in [0, 0.1) is 5.41 Å². The summed E-state index contributed by atoms with van der Waals surface area (Å²) in [6.45, 7) is 8.55. The number of hydrogen-bond acceptors (Lipinski definition) is 5. The van der Waals surface area contributed by atoms with E-state index in [2.05, 4.69) is 17.1 Å². The summed E-state index contributed by atoms with van der Waals surface area (Å²) in [5.74, 6) is -2.48. The van der Waals surface area contributed by atoms with E-state index in [1.807, 2.05) is 40.1 Å². The Hall–Kier alpha value is -2.86. The standard InChI is InChI=1S/C23H34N4O3.C2HF3O2/c1-2-25-12-9-23(21(28)26-14-16-30-17-15-26)10-13-27(11-8-20(23)25)22(29)24-18-19-6-4-3-5-7-19;3-2(4,5)1(6)7/h3-7,20H,2,8-18H2,1H3,(H,24,29);(H,6,7)/t20-,23-;/m1./s1. The van der Waals surface area contributed by atoms with Gasteiger partial charge < -0.3 is 25.0 Å². The highest BCUT2D eigenvalue weighted by molar-refractivity contribution is 5.84. The first-order valence-corrected chi connectivity index (χ1v) is 12.6. The number of carboxylic acids is 1. The molecule has 3 saturated heterocycles. The molecular formula is C25H35F3N4O5. The Labute approximate surface area is 214 Å². The molecule has 0 bridgehead atoms. The molecule has 3 heterocycles. The van der Waals surface area contributed by atoms with E-state index in [1.54, 1.807) is 0 Å². The fourth-order valence-corrected chi connectivity index (χ4v) is 5.39. The van der Waals surface area contributed by atoms with E-state index >= 15 is 0 Å². The van der Waals surface area contributed by atoms with E-state index in [0.29, 0.717) is 45.9 Å². The van der Waals surface area contributed by atoms with E-state index in [9.17, 15) is 22.8 Å². The number of nitrogens with one attached hydrogen (secondary N) is 1. The third-order valence-electron chi connectivity index (χ3n) is 7.37. The predicted molar refractivity (Wildman–Crippen MR) is 129 cm³/mol. The molecule has 3 amide bonds. The number of hydrogen-bond donors (Lipinski definition) is 2. The number of ether oxygens (including phenoxy) is 1. The summed E-state index contributed by atoms with van der Waals surface area (Å²) in [7, 11) is 0. The van der Waals surface area contributed by atoms with Crippen LogP contribution in [0.5, 0.6) is 0 Å². The Morgan fingerprint density at radius 1 is 1.03 bits per heavy atom. The minimum atomic E-state index is -5.08. The molecule has 206 valence electrons. The first-order chi connectivity index (χ1) is 17.6. The lowest BCUT2D eigenvalue weighted by Gasteiger charge is -2.40. The zero-order valence-corrected chi connectivity index (χ0v) is 21.0. The summed E-state index contributed by atoms with van der Waals surface area (Å²) in [5.41, 5.74) is 0.718. The fourth-order valence-electron chi connectivity index (χ4n) is 5.39. The number of carbonyl (C=O) groups excluding carboxylic acids is 2. The van der Waals surface area contributed by atoms with Gasteiger partial charge in [0, 0.05) is 38.8 Å². The van der Waals surface area contributed by atoms with Crippen LogP contribution in [0.15, 0.2) is 30.3 Å². The smallest absolute Gasteiger partial charge is 0.475 e. The highest BCUT2D eigenvalue weighted by Gasteiger charge is 2.54. The number of carbonyl (C=O) groups is 3. The number of urea groups is 1. The number of fused-ring (bicyclic) bond motifs is 1. The molecule has 2 N–H and O–H groups in total. The molecule has 0 radical (unpaired) electrons. The summed E-state index contributed by atoms with van der Waals surface area (Å²) >= 11 is 0. The Morgan fingerprint density at radius 3 is 2.24 bits per heavy atom. The van der Waals surface area contributed by atoms with E-state index in [0.717, 1.165) is 37.9 Å². The molecule has 12 heteroatoms. The van der Waals surface area contributed by atoms with Crippen LogP contribution in [0.25, 0.3) is 0 Å². The topological polar surface area (TPSA) is 102 Å². The maximum Gasteiger partial charge on any atom is 0.490 e. The van der Waals surface area contributed by atoms with Gasteiger partial charge in [0.15, 0.2) is 0 Å². The predicted octanol–water partition coefficient (Wildman–Crippen LogP) is 2.56. The summed E-state index contributed by atoms with van der Waals surface area (Å²) in [5, 5.41) is 10.2. The van der Waals surface area contributed by atoms with Crippen molar-refractivity contribution in [2.24, 2.45) is 5.41 Å². The molecule has 2 atom stereocenters. The molecule has 0 spiro atoms. The Kier molecular flexibility index (Phi) is 9.77. The van der Waals surface area contributed by atoms with Crippen molar-refractivity contribution in [2.75, 3.05) is 52.5 Å². The van der Waals surface area contributed by atoms with Gasteiger partial charge in [-0.25, -0.2) is 9.59 Å². The van der Waals surface area contributed by atoms with Crippen LogP contribution in [0.4, 0.5) is 18.0 Å². The van der Waals surface area contributed by atoms with Crippen LogP contribution < -0.4 is 5.32 Å². The minimum Gasteiger partial charge on any atom is -0.475 e. The van der Waals surface area contributed by atoms with Gasteiger partial charge in [-0.15, -0.1) is 0 Å². The molecule has 0 aliphatic carbocycles. The number of aliphatic carboxylic acids is 1. The summed E-state index contributed by atoms with van der Waals surface area (Å²) in [6.07, 6.45) is -2.60. The van der Waals surface area contributed by atoms with Crippen molar-refractivity contribution in [1.82, 2.24) is 20.0 Å². The molecular weight excluding hydrogens is 493 g/mol. The first kappa shape index (κ1) is 28.7. The van der Waals surface area contributed by atoms with Crippen LogP contribution in [-0.2, 0) is 20.9 Å². The van der Waals surface area contributed by atoms with Gasteiger partial charge in [-0.05, 0) is 37.9 Å². The molecule has 4 rings (SSSR count). The van der Waals surface area contributed by atoms with Crippen LogP contribution >= 0.6 is 0 Å². The van der Waals surface area contributed by atoms with Gasteiger partial charge in [0.2, 0.25) is 5.91 Å². The van der Waals surface area contributed by atoms with Crippen molar-refractivity contribution in [3.63, 3.8) is 0 Å². The van der Waals surface area contributed by atoms with Crippen molar-refractivity contribution >= 4 is 17.9 Å². The molecule has 3 aliphatic heterocycles. The lowest BCUT2D eigenvalue weighted by molar-refractivity contribution is -0.192. The second-order valence-corrected chi connectivity index (χ2v) is 9.43. The highest BCUT2D eigenvalue weighted by atomic mass is 19.4. The average Bonchev–Trinajstić information content (AvgIpc) is 3.14. The Bertz CT molecular complexity index is 927. The maximum atomic E-state index is 13.7. The molecule has 0 saturated carbocycles. The van der Waals surface area contributed by atoms with Crippen molar-refractivity contribution in [3.8, 4) is 0 Å². The van der Waals surface area contributed by atoms with E-state index in [1.165, 1.54) is 0 Å². The number of morpholine rings is 1. The number of benzene rings is 1. The van der Waals surface area contributed by atoms with Gasteiger partial charge in [0.25, 0.3) is 0 Å². The minimum absolute atomic E-state index is 0.0316. The second kappa shape index (κ2) is 12.6. The summed E-state index contributed by atoms with van der Waals surface area (Å²) in [4.78, 5) is 41.8. The highest BCUT2D eigenvalue weighted by Crippen LogP contribution is 2.45. The van der Waals surface area contributed by atoms with Crippen LogP contribution in [-0.4, -0.2) is 102 Å². The molecule has 0 unspecified atom stereocenters. The monoisotopic (exact) mass is 528 g/mol. The number of likely N-dealkylation sites (tertiary alicyclic amines) is 2. The normalized spacial score (nSPS) is 24.4. The maximum absolute atomic E-state index is 13.7. The zero-order chi connectivity index (χ0) is 27.1. The first-order valence-electron chi connectivity index (χ1n) is 12.6. The lowest BCUT2D eigenvalue weighted by atomic mass is 9.75. The number of carboxylic acid groups (broad SMARTS) is 1. The van der Waals surface area contributed by atoms with E-state index in [-0.39, 0.29) is 23.4 Å². The van der Waals surface area contributed by atoms with Gasteiger partial charge >= 0.3 is 18.2 Å². The molecule has 1 aromatic rings. The Morgan fingerprint density at radius 2 is 1.65 bits per heavy atom. The van der Waals surface area contributed by atoms with E-state index < -0.39 is 12.1 Å². The van der Waals surface area contributed by atoms with Gasteiger partial charge in [-0.2, -0.15) is 13.2 Å². The van der Waals surface area contributed by atoms with Gasteiger partial charge in [0.1, 0.15) is 0 Å². The molecule has 1 aromatic carbocycles. The number of amides is 3. The third kappa shape index (κ3) is 7.13. The molecule has 37 heavy (non-hydrogen) atoms. The molecule has 3 fully saturated rings. The average molecular weight is 529 g/mol. The third-order valence-corrected chi connectivity index (χ3v) is 7.37. The lowest BCUT2D eigenvalue weighted by Crippen LogP contribution is -2.53. The van der Waals surface area contributed by atoms with Crippen LogP contribution in [0.2, 0.25) is 0 Å². The number of halogens is 3. The van der Waals surface area contributed by atoms with Gasteiger partial charge in [0.05, 0.1) is 18.6 Å². The molecule has 3 aliphatic rings. The van der Waals surface area contributed by atoms with Gasteiger partial charge in [-0.1, -0.05) is 37.3 Å². The van der Waals surface area contributed by atoms with Crippen molar-refractivity contribution in [3.05, 3.63) is 35.9 Å². The van der Waals surface area contributed by atoms with Crippen molar-refractivity contribution < 1.29 is 37.4 Å². The molecule has 9 nitrogen and oxygen atoms in total. The second-order valence-electron chi connectivity index (χ2n) is 9.43. The number of nitrogens with zero attached hydrogens (tertiary/aromatic N) is 3.